The number of carbonyl (C=O) groups excluding carboxylic acids is 1. The maximum Gasteiger partial charge on any atom is 0.344 e. The molecule has 35 heavy (non-hydrogen) atoms. The smallest absolute Gasteiger partial charge is 0.344 e. The highest BCUT2D eigenvalue weighted by Crippen LogP contribution is 2.28. The van der Waals surface area contributed by atoms with E-state index in [2.05, 4.69) is 36.9 Å². The first-order chi connectivity index (χ1) is 16.3. The Balaban J connectivity index is 1.78. The van der Waals surface area contributed by atoms with Crippen LogP contribution in [0.1, 0.15) is 47.8 Å². The molecule has 10 heteroatoms. The Kier molecular flexibility index (Phi) is 7.98. The van der Waals surface area contributed by atoms with E-state index in [0.717, 1.165) is 18.2 Å². The number of rotatable bonds is 7. The number of methoxy groups -OCH3 is 1. The lowest BCUT2D eigenvalue weighted by molar-refractivity contribution is -0.385. The lowest BCUT2D eigenvalue weighted by Crippen LogP contribution is -2.54. The van der Waals surface area contributed by atoms with Crippen molar-refractivity contribution in [2.24, 2.45) is 5.92 Å². The van der Waals surface area contributed by atoms with Crippen LogP contribution in [-0.2, 0) is 33.0 Å². The fourth-order valence-corrected chi connectivity index (χ4v) is 6.36. The Morgan fingerprint density at radius 1 is 1.17 bits per heavy atom. The van der Waals surface area contributed by atoms with Gasteiger partial charge in [0.25, 0.3) is 5.69 Å². The summed E-state index contributed by atoms with van der Waals surface area (Å²) in [6, 6.07) is 11.4. The minimum atomic E-state index is -3.44. The van der Waals surface area contributed by atoms with E-state index >= 15 is 0 Å². The number of nitrogens with zero attached hydrogens (tertiary/aromatic N) is 1. The second kappa shape index (κ2) is 10.4. The van der Waals surface area contributed by atoms with Crippen LogP contribution in [0.2, 0.25) is 0 Å². The van der Waals surface area contributed by atoms with Crippen molar-refractivity contribution in [1.29, 1.82) is 0 Å². The molecule has 0 aromatic heterocycles. The van der Waals surface area contributed by atoms with Gasteiger partial charge in [-0.15, -0.1) is 0 Å². The van der Waals surface area contributed by atoms with Crippen molar-refractivity contribution in [2.45, 2.75) is 51.3 Å². The number of esters is 1. The van der Waals surface area contributed by atoms with E-state index < -0.39 is 44.5 Å². The molecule has 0 saturated carbocycles. The van der Waals surface area contributed by atoms with Crippen LogP contribution in [-0.4, -0.2) is 55.2 Å². The van der Waals surface area contributed by atoms with Gasteiger partial charge in [-0.25, -0.2) is 13.2 Å². The third-order valence-electron chi connectivity index (χ3n) is 6.32. The lowest BCUT2D eigenvalue weighted by atomic mass is 9.86. The molecule has 190 valence electrons. The van der Waals surface area contributed by atoms with Crippen LogP contribution in [0.4, 0.5) is 5.69 Å². The van der Waals surface area contributed by atoms with Crippen molar-refractivity contribution in [3.63, 3.8) is 0 Å². The number of hydrogen-bond acceptors (Lipinski definition) is 8. The van der Waals surface area contributed by atoms with Gasteiger partial charge in [-0.2, -0.15) is 0 Å². The van der Waals surface area contributed by atoms with Gasteiger partial charge in [-0.05, 0) is 34.6 Å². The summed E-state index contributed by atoms with van der Waals surface area (Å²) in [5.74, 6) is -1.89. The Morgan fingerprint density at radius 3 is 2.51 bits per heavy atom. The molecule has 9 nitrogen and oxygen atoms in total. The summed E-state index contributed by atoms with van der Waals surface area (Å²) in [4.78, 5) is 22.6. The van der Waals surface area contributed by atoms with Gasteiger partial charge in [0, 0.05) is 24.6 Å². The van der Waals surface area contributed by atoms with Gasteiger partial charge in [-0.1, -0.05) is 51.1 Å². The van der Waals surface area contributed by atoms with Gasteiger partial charge in [0.15, 0.2) is 9.84 Å². The summed E-state index contributed by atoms with van der Waals surface area (Å²) >= 11 is 0. The van der Waals surface area contributed by atoms with E-state index in [1.165, 1.54) is 18.2 Å². The number of carbonyl (C=O) groups is 1. The molecule has 0 amide bonds. The first kappa shape index (κ1) is 26.8. The minimum absolute atomic E-state index is 0.0252. The zero-order valence-electron chi connectivity index (χ0n) is 20.4. The molecule has 1 aliphatic rings. The fourth-order valence-electron chi connectivity index (χ4n) is 4.40. The number of ether oxygens (including phenoxy) is 1. The molecule has 2 aromatic rings. The maximum absolute atomic E-state index is 12.7. The second-order valence-electron chi connectivity index (χ2n) is 10.1. The highest BCUT2D eigenvalue weighted by atomic mass is 32.2. The summed E-state index contributed by atoms with van der Waals surface area (Å²) in [5, 5.41) is 25.5. The number of nitrogens with one attached hydrogen (secondary N) is 1. The molecule has 1 aliphatic heterocycles. The summed E-state index contributed by atoms with van der Waals surface area (Å²) in [7, 11) is -2.32. The van der Waals surface area contributed by atoms with Gasteiger partial charge in [-0.3, -0.25) is 10.1 Å². The van der Waals surface area contributed by atoms with E-state index in [1.54, 1.807) is 0 Å². The van der Waals surface area contributed by atoms with Crippen LogP contribution in [0.5, 0.6) is 0 Å². The molecule has 2 aromatic carbocycles. The molecule has 3 rings (SSSR count). The number of nitro groups is 1. The van der Waals surface area contributed by atoms with E-state index in [4.69, 9.17) is 0 Å². The van der Waals surface area contributed by atoms with Crippen molar-refractivity contribution in [1.82, 2.24) is 5.32 Å². The second-order valence-corrected chi connectivity index (χ2v) is 12.2. The number of hydrogen-bond donors (Lipinski definition) is 2. The summed E-state index contributed by atoms with van der Waals surface area (Å²) in [6.45, 7) is 6.75. The van der Waals surface area contributed by atoms with Crippen molar-refractivity contribution in [2.75, 3.05) is 18.6 Å². The first-order valence-corrected chi connectivity index (χ1v) is 13.2. The average molecular weight is 505 g/mol. The molecular formula is C25H32N2O7S. The minimum Gasteiger partial charge on any atom is -0.465 e. The van der Waals surface area contributed by atoms with Gasteiger partial charge in [0.2, 0.25) is 0 Å². The molecule has 0 radical (unpaired) electrons. The molecule has 1 heterocycles. The topological polar surface area (TPSA) is 136 Å². The van der Waals surface area contributed by atoms with Crippen molar-refractivity contribution in [3.05, 3.63) is 74.8 Å². The van der Waals surface area contributed by atoms with Gasteiger partial charge >= 0.3 is 5.97 Å². The van der Waals surface area contributed by atoms with Crippen molar-refractivity contribution < 1.29 is 28.0 Å². The van der Waals surface area contributed by atoms with Gasteiger partial charge < -0.3 is 15.2 Å². The largest absolute Gasteiger partial charge is 0.465 e. The zero-order chi connectivity index (χ0) is 26.0. The lowest BCUT2D eigenvalue weighted by Gasteiger charge is -2.35. The van der Waals surface area contributed by atoms with E-state index in [9.17, 15) is 28.4 Å². The monoisotopic (exact) mass is 504 g/mol. The van der Waals surface area contributed by atoms with Crippen molar-refractivity contribution in [3.8, 4) is 0 Å². The molecule has 0 unspecified atom stereocenters. The van der Waals surface area contributed by atoms with E-state index in [-0.39, 0.29) is 28.9 Å². The number of sulfone groups is 1. The van der Waals surface area contributed by atoms with Crippen LogP contribution >= 0.6 is 0 Å². The molecule has 0 spiro atoms. The third kappa shape index (κ3) is 6.65. The number of benzene rings is 2. The number of aliphatic hydroxyl groups is 1. The van der Waals surface area contributed by atoms with Crippen molar-refractivity contribution >= 4 is 21.5 Å². The average Bonchev–Trinajstić information content (AvgIpc) is 2.79. The van der Waals surface area contributed by atoms with E-state index in [0.29, 0.717) is 12.1 Å². The van der Waals surface area contributed by atoms with Crippen LogP contribution in [0.25, 0.3) is 0 Å². The molecule has 1 fully saturated rings. The summed E-state index contributed by atoms with van der Waals surface area (Å²) in [6.07, 6.45) is -0.818. The molecule has 1 saturated heterocycles. The highest BCUT2D eigenvalue weighted by Gasteiger charge is 2.39. The quantitative estimate of drug-likeness (QED) is 0.334. The predicted octanol–water partition coefficient (Wildman–Crippen LogP) is 2.79. The first-order valence-electron chi connectivity index (χ1n) is 11.4. The van der Waals surface area contributed by atoms with Gasteiger partial charge in [0.1, 0.15) is 5.56 Å². The van der Waals surface area contributed by atoms with Crippen LogP contribution in [0, 0.1) is 16.0 Å². The third-order valence-corrected chi connectivity index (χ3v) is 8.12. The Hall–Kier alpha value is -2.82. The summed E-state index contributed by atoms with van der Waals surface area (Å²) in [5.41, 5.74) is 2.02. The molecule has 0 aliphatic carbocycles. The Morgan fingerprint density at radius 2 is 1.89 bits per heavy atom. The van der Waals surface area contributed by atoms with Gasteiger partial charge in [0.05, 0.1) is 29.6 Å². The van der Waals surface area contributed by atoms with Crippen LogP contribution in [0.15, 0.2) is 42.5 Å². The predicted molar refractivity (Wildman–Crippen MR) is 132 cm³/mol. The van der Waals surface area contributed by atoms with Crippen LogP contribution < -0.4 is 5.32 Å². The number of aliphatic hydroxyl groups excluding tert-OH is 1. The molecule has 2 N–H and O–H groups in total. The Bertz CT molecular complexity index is 1200. The zero-order valence-corrected chi connectivity index (χ0v) is 21.2. The molecule has 0 bridgehead atoms. The Labute approximate surface area is 205 Å². The number of nitro benzene ring substituents is 1. The van der Waals surface area contributed by atoms with E-state index in [1.807, 2.05) is 18.2 Å². The van der Waals surface area contributed by atoms with Crippen LogP contribution in [0.3, 0.4) is 0 Å². The molecular weight excluding hydrogens is 472 g/mol. The normalized spacial score (nSPS) is 21.9. The standard InChI is InChI=1S/C25H32N2O7S/c1-25(2,3)19-7-5-6-17(11-19)13-26-21-15-35(32,33)14-18(23(21)28)10-16-8-9-22(27(30)31)20(12-16)24(29)34-4/h5-9,11-12,18,21,23,26,28H,10,13-15H2,1-4H3/t18-,21+,23+/m1/s1. The SMILES string of the molecule is COC(=O)c1cc(C[C@@H]2CS(=O)(=O)C[C@H](NCc3cccc(C(C)(C)C)c3)[C@H]2O)ccc1[N+](=O)[O-]. The fraction of sp³-hybridized carbons (Fsp3) is 0.480. The highest BCUT2D eigenvalue weighted by molar-refractivity contribution is 7.91. The maximum atomic E-state index is 12.7. The summed E-state index contributed by atoms with van der Waals surface area (Å²) < 4.78 is 30.0. The molecule has 3 atom stereocenters.